The summed E-state index contributed by atoms with van der Waals surface area (Å²) in [6.07, 6.45) is 0.333. The second-order valence-electron chi connectivity index (χ2n) is 7.37. The van der Waals surface area contributed by atoms with Gasteiger partial charge >= 0.3 is 0 Å². The van der Waals surface area contributed by atoms with E-state index >= 15 is 0 Å². The van der Waals surface area contributed by atoms with Crippen molar-refractivity contribution in [2.75, 3.05) is 26.4 Å². The molecule has 2 aromatic carbocycles. The molecule has 27 heavy (non-hydrogen) atoms. The molecule has 1 saturated heterocycles. The molecule has 5 nitrogen and oxygen atoms in total. The molecular weight excluding hydrogens is 342 g/mol. The molecule has 0 radical (unpaired) electrons. The van der Waals surface area contributed by atoms with Crippen molar-refractivity contribution < 1.29 is 24.6 Å². The van der Waals surface area contributed by atoms with Crippen LogP contribution in [-0.4, -0.2) is 37.6 Å². The highest BCUT2D eigenvalue weighted by Gasteiger charge is 2.40. The fraction of sp³-hybridized carbons (Fsp3) is 0.455. The van der Waals surface area contributed by atoms with Gasteiger partial charge in [-0.2, -0.15) is 0 Å². The van der Waals surface area contributed by atoms with Crippen LogP contribution < -0.4 is 14.8 Å². The largest absolute Gasteiger partial charge is 0.491 e. The van der Waals surface area contributed by atoms with E-state index in [1.54, 1.807) is 0 Å². The summed E-state index contributed by atoms with van der Waals surface area (Å²) in [7, 11) is 0. The van der Waals surface area contributed by atoms with Gasteiger partial charge in [-0.1, -0.05) is 31.2 Å². The molecule has 2 heterocycles. The number of ether oxygens (including phenoxy) is 3. The third-order valence-electron chi connectivity index (χ3n) is 5.68. The Hall–Kier alpha value is -2.08. The zero-order valence-corrected chi connectivity index (χ0v) is 15.7. The zero-order chi connectivity index (χ0) is 18.6. The summed E-state index contributed by atoms with van der Waals surface area (Å²) in [6.45, 7) is 4.17. The lowest BCUT2D eigenvalue weighted by molar-refractivity contribution is -0.753. The topological polar surface area (TPSA) is 64.5 Å². The lowest BCUT2D eigenvalue weighted by atomic mass is 9.80. The van der Waals surface area contributed by atoms with Gasteiger partial charge in [0.25, 0.3) is 0 Å². The Balaban J connectivity index is 1.73. The van der Waals surface area contributed by atoms with Crippen molar-refractivity contribution in [1.29, 1.82) is 0 Å². The first-order valence-corrected chi connectivity index (χ1v) is 9.78. The number of rotatable bonds is 0. The van der Waals surface area contributed by atoms with Gasteiger partial charge in [-0.25, -0.2) is 0 Å². The van der Waals surface area contributed by atoms with Crippen LogP contribution in [0.15, 0.2) is 48.5 Å². The molecular formula is C22H28NO4+. The average Bonchev–Trinajstić information content (AvgIpc) is 2.69. The molecule has 0 spiro atoms. The van der Waals surface area contributed by atoms with Crippen LogP contribution in [0.2, 0.25) is 0 Å². The van der Waals surface area contributed by atoms with Crippen molar-refractivity contribution in [3.8, 4) is 11.5 Å². The van der Waals surface area contributed by atoms with Crippen molar-refractivity contribution >= 4 is 0 Å². The summed E-state index contributed by atoms with van der Waals surface area (Å²) in [4.78, 5) is 0. The van der Waals surface area contributed by atoms with Gasteiger partial charge in [0.1, 0.15) is 36.8 Å². The molecule has 144 valence electrons. The number of hydrogen-bond donors (Lipinski definition) is 2. The zero-order valence-electron chi connectivity index (χ0n) is 15.7. The van der Waals surface area contributed by atoms with Crippen LogP contribution in [0.4, 0.5) is 0 Å². The van der Waals surface area contributed by atoms with Crippen molar-refractivity contribution in [3.63, 3.8) is 0 Å². The molecule has 4 rings (SSSR count). The Labute approximate surface area is 160 Å². The number of aliphatic hydroxyl groups excluding tert-OH is 1. The van der Waals surface area contributed by atoms with Crippen LogP contribution in [0, 0.1) is 5.92 Å². The van der Waals surface area contributed by atoms with Crippen LogP contribution in [0.5, 0.6) is 11.5 Å². The van der Waals surface area contributed by atoms with Crippen LogP contribution in [0.25, 0.3) is 0 Å². The fourth-order valence-electron chi connectivity index (χ4n) is 4.16. The first-order valence-electron chi connectivity index (χ1n) is 9.78. The lowest BCUT2D eigenvalue weighted by Gasteiger charge is -2.37. The average molecular weight is 370 g/mol. The van der Waals surface area contributed by atoms with Crippen LogP contribution in [0.3, 0.4) is 0 Å². The predicted octanol–water partition coefficient (Wildman–Crippen LogP) is 2.22. The molecule has 1 fully saturated rings. The molecule has 2 aliphatic rings. The fourth-order valence-corrected chi connectivity index (χ4v) is 4.16. The van der Waals surface area contributed by atoms with Crippen LogP contribution in [0.1, 0.15) is 36.6 Å². The molecule has 5 heteroatoms. The molecule has 3 N–H and O–H groups in total. The van der Waals surface area contributed by atoms with E-state index < -0.39 is 0 Å². The van der Waals surface area contributed by atoms with Gasteiger partial charge in [-0.15, -0.1) is 0 Å². The summed E-state index contributed by atoms with van der Waals surface area (Å²) in [5, 5.41) is 13.2. The highest BCUT2D eigenvalue weighted by Crippen LogP contribution is 2.37. The Morgan fingerprint density at radius 1 is 0.852 bits per heavy atom. The molecule has 4 atom stereocenters. The maximum atomic E-state index is 10.8. The molecule has 0 saturated carbocycles. The number of hydrogen-bond acceptors (Lipinski definition) is 4. The van der Waals surface area contributed by atoms with E-state index in [-0.39, 0.29) is 24.1 Å². The smallest absolute Gasteiger partial charge is 0.128 e. The summed E-state index contributed by atoms with van der Waals surface area (Å²) >= 11 is 0. The summed E-state index contributed by atoms with van der Waals surface area (Å²) in [6, 6.07) is 16.5. The molecule has 0 aliphatic carbocycles. The summed E-state index contributed by atoms with van der Waals surface area (Å²) < 4.78 is 17.6. The third-order valence-corrected chi connectivity index (χ3v) is 5.68. The first-order chi connectivity index (χ1) is 13.2. The minimum atomic E-state index is -0.373. The Morgan fingerprint density at radius 2 is 1.44 bits per heavy atom. The number of fused-ring (bicyclic) bond motifs is 6. The normalized spacial score (nSPS) is 28.7. The lowest BCUT2D eigenvalue weighted by Crippen LogP contribution is -2.90. The quantitative estimate of drug-likeness (QED) is 0.746. The van der Waals surface area contributed by atoms with E-state index in [1.807, 2.05) is 36.4 Å². The van der Waals surface area contributed by atoms with Gasteiger partial charge in [0.2, 0.25) is 0 Å². The predicted molar refractivity (Wildman–Crippen MR) is 102 cm³/mol. The minimum Gasteiger partial charge on any atom is -0.491 e. The monoisotopic (exact) mass is 370 g/mol. The first kappa shape index (κ1) is 18.3. The van der Waals surface area contributed by atoms with Crippen molar-refractivity contribution in [2.45, 2.75) is 31.5 Å². The van der Waals surface area contributed by atoms with E-state index in [2.05, 4.69) is 24.4 Å². The van der Waals surface area contributed by atoms with Gasteiger partial charge < -0.3 is 24.6 Å². The SMILES string of the molecule is C[C@@H]1[C@@H](O)C[C@H]2[NH2+][C@H]1c1ccccc1OCCOCCOc1ccccc12. The van der Waals surface area contributed by atoms with Crippen molar-refractivity contribution in [2.24, 2.45) is 5.92 Å². The summed E-state index contributed by atoms with van der Waals surface area (Å²) in [5.74, 6) is 1.89. The molecule has 0 aromatic heterocycles. The number of benzene rings is 2. The number of piperidine rings is 1. The van der Waals surface area contributed by atoms with E-state index in [0.29, 0.717) is 32.8 Å². The van der Waals surface area contributed by atoms with Crippen LogP contribution in [-0.2, 0) is 4.74 Å². The Morgan fingerprint density at radius 3 is 2.15 bits per heavy atom. The molecule has 2 aromatic rings. The molecule has 2 bridgehead atoms. The second kappa shape index (κ2) is 8.30. The van der Waals surface area contributed by atoms with Gasteiger partial charge in [-0.05, 0) is 24.3 Å². The van der Waals surface area contributed by atoms with E-state index in [1.165, 1.54) is 0 Å². The van der Waals surface area contributed by atoms with E-state index in [4.69, 9.17) is 14.2 Å². The molecule has 0 amide bonds. The molecule has 2 aliphatic heterocycles. The van der Waals surface area contributed by atoms with Gasteiger partial charge in [-0.3, -0.25) is 0 Å². The van der Waals surface area contributed by atoms with Gasteiger partial charge in [0.15, 0.2) is 0 Å². The highest BCUT2D eigenvalue weighted by atomic mass is 16.5. The number of para-hydroxylation sites is 2. The Bertz CT molecular complexity index is 765. The summed E-state index contributed by atoms with van der Waals surface area (Å²) in [5.41, 5.74) is 2.26. The van der Waals surface area contributed by atoms with Gasteiger partial charge in [0.05, 0.1) is 30.4 Å². The number of aliphatic hydroxyl groups is 1. The molecule has 0 unspecified atom stereocenters. The van der Waals surface area contributed by atoms with Gasteiger partial charge in [0, 0.05) is 12.3 Å². The van der Waals surface area contributed by atoms with Crippen molar-refractivity contribution in [3.05, 3.63) is 59.7 Å². The van der Waals surface area contributed by atoms with E-state index in [9.17, 15) is 5.11 Å². The third kappa shape index (κ3) is 3.95. The Kier molecular flexibility index (Phi) is 5.62. The maximum Gasteiger partial charge on any atom is 0.128 e. The standard InChI is InChI=1S/C22H27NO4/c1-15-19(24)14-18-16-6-2-4-8-20(16)26-12-10-25-11-13-27-21-9-5-3-7-17(21)22(15)23-18/h2-9,15,18-19,22-24H,10-14H2,1H3/p+1/t15-,18-,19+,22-/m1/s1. The number of nitrogens with two attached hydrogens (primary N) is 1. The number of quaternary nitrogens is 1. The highest BCUT2D eigenvalue weighted by molar-refractivity contribution is 5.37. The minimum absolute atomic E-state index is 0.117. The van der Waals surface area contributed by atoms with E-state index in [0.717, 1.165) is 22.6 Å². The van der Waals surface area contributed by atoms with Crippen LogP contribution >= 0.6 is 0 Å². The second-order valence-corrected chi connectivity index (χ2v) is 7.37. The van der Waals surface area contributed by atoms with Crippen molar-refractivity contribution in [1.82, 2.24) is 0 Å². The maximum absolute atomic E-state index is 10.8.